The molecule has 2 amide bonds. The van der Waals surface area contributed by atoms with Crippen molar-refractivity contribution in [2.75, 3.05) is 44.7 Å². The van der Waals surface area contributed by atoms with Gasteiger partial charge in [-0.1, -0.05) is 12.1 Å². The average molecular weight is 359 g/mol. The van der Waals surface area contributed by atoms with Crippen molar-refractivity contribution in [3.8, 4) is 5.75 Å². The van der Waals surface area contributed by atoms with Crippen LogP contribution >= 0.6 is 0 Å². The lowest BCUT2D eigenvalue weighted by Crippen LogP contribution is -2.51. The van der Waals surface area contributed by atoms with Crippen LogP contribution in [-0.4, -0.2) is 67.0 Å². The van der Waals surface area contributed by atoms with Crippen molar-refractivity contribution in [3.63, 3.8) is 0 Å². The molecular weight excluding hydrogens is 330 g/mol. The normalized spacial score (nSPS) is 21.3. The van der Waals surface area contributed by atoms with E-state index in [0.29, 0.717) is 26.1 Å². The molecule has 1 atom stereocenters. The van der Waals surface area contributed by atoms with E-state index in [1.165, 1.54) is 0 Å². The van der Waals surface area contributed by atoms with Crippen LogP contribution in [0.25, 0.3) is 0 Å². The highest BCUT2D eigenvalue weighted by molar-refractivity contribution is 5.89. The van der Waals surface area contributed by atoms with Gasteiger partial charge in [-0.25, -0.2) is 0 Å². The highest BCUT2D eigenvalue weighted by Crippen LogP contribution is 2.30. The Morgan fingerprint density at radius 2 is 1.77 bits per heavy atom. The number of piperazine rings is 1. The number of hydrogen-bond acceptors (Lipinski definition) is 4. The van der Waals surface area contributed by atoms with Crippen molar-refractivity contribution in [1.82, 2.24) is 9.80 Å². The van der Waals surface area contributed by atoms with Gasteiger partial charge in [0.05, 0.1) is 18.7 Å². The summed E-state index contributed by atoms with van der Waals surface area (Å²) in [6.07, 6.45) is 0.336. The second kappa shape index (κ2) is 7.17. The Balaban J connectivity index is 1.60. The number of ether oxygens (including phenoxy) is 1. The topological polar surface area (TPSA) is 53.1 Å². The Hall–Kier alpha value is -2.24. The maximum atomic E-state index is 12.9. The van der Waals surface area contributed by atoms with Crippen LogP contribution in [0.15, 0.2) is 24.3 Å². The first-order valence-electron chi connectivity index (χ1n) is 9.28. The van der Waals surface area contributed by atoms with E-state index in [1.807, 2.05) is 54.8 Å². The summed E-state index contributed by atoms with van der Waals surface area (Å²) in [7, 11) is 1.68. The molecule has 0 unspecified atom stereocenters. The van der Waals surface area contributed by atoms with Crippen molar-refractivity contribution in [2.24, 2.45) is 5.92 Å². The Morgan fingerprint density at radius 1 is 1.12 bits per heavy atom. The van der Waals surface area contributed by atoms with Gasteiger partial charge in [-0.05, 0) is 32.9 Å². The minimum Gasteiger partial charge on any atom is -0.495 e. The Labute approximate surface area is 155 Å². The highest BCUT2D eigenvalue weighted by Gasteiger charge is 2.41. The summed E-state index contributed by atoms with van der Waals surface area (Å²) in [5, 5.41) is 0. The minimum absolute atomic E-state index is 0.0866. The first-order valence-corrected chi connectivity index (χ1v) is 9.28. The van der Waals surface area contributed by atoms with Crippen LogP contribution in [0.2, 0.25) is 0 Å². The molecule has 0 spiro atoms. The van der Waals surface area contributed by atoms with Gasteiger partial charge in [-0.3, -0.25) is 9.59 Å². The van der Waals surface area contributed by atoms with Crippen molar-refractivity contribution < 1.29 is 14.3 Å². The zero-order valence-corrected chi connectivity index (χ0v) is 16.2. The molecule has 2 aliphatic heterocycles. The van der Waals surface area contributed by atoms with Crippen LogP contribution in [-0.2, 0) is 9.59 Å². The lowest BCUT2D eigenvalue weighted by Gasteiger charge is -2.38. The minimum atomic E-state index is -0.228. The maximum Gasteiger partial charge on any atom is 0.228 e. The molecule has 2 aliphatic rings. The molecule has 0 aromatic heterocycles. The molecule has 2 saturated heterocycles. The van der Waals surface area contributed by atoms with Gasteiger partial charge in [0.25, 0.3) is 0 Å². The smallest absolute Gasteiger partial charge is 0.228 e. The van der Waals surface area contributed by atoms with E-state index in [-0.39, 0.29) is 23.3 Å². The largest absolute Gasteiger partial charge is 0.495 e. The molecular formula is C20H29N3O3. The van der Waals surface area contributed by atoms with Crippen molar-refractivity contribution in [2.45, 2.75) is 32.7 Å². The summed E-state index contributed by atoms with van der Waals surface area (Å²) in [6, 6.07) is 7.96. The van der Waals surface area contributed by atoms with Crippen LogP contribution in [0.3, 0.4) is 0 Å². The first-order chi connectivity index (χ1) is 12.3. The maximum absolute atomic E-state index is 12.9. The number of nitrogens with zero attached hydrogens (tertiary/aromatic N) is 3. The number of carbonyl (C=O) groups excluding carboxylic acids is 2. The molecule has 1 aromatic rings. The summed E-state index contributed by atoms with van der Waals surface area (Å²) >= 11 is 0. The van der Waals surface area contributed by atoms with Gasteiger partial charge in [-0.15, -0.1) is 0 Å². The van der Waals surface area contributed by atoms with Gasteiger partial charge >= 0.3 is 0 Å². The molecule has 0 radical (unpaired) electrons. The molecule has 6 heteroatoms. The van der Waals surface area contributed by atoms with Gasteiger partial charge < -0.3 is 19.4 Å². The molecule has 3 rings (SSSR count). The quantitative estimate of drug-likeness (QED) is 0.828. The number of likely N-dealkylation sites (tertiary alicyclic amines) is 1. The molecule has 142 valence electrons. The third kappa shape index (κ3) is 3.64. The summed E-state index contributed by atoms with van der Waals surface area (Å²) in [4.78, 5) is 31.1. The Kier molecular flexibility index (Phi) is 5.12. The van der Waals surface area contributed by atoms with E-state index in [1.54, 1.807) is 7.11 Å². The number of benzene rings is 1. The van der Waals surface area contributed by atoms with Crippen LogP contribution in [0.5, 0.6) is 5.75 Å². The average Bonchev–Trinajstić information content (AvgIpc) is 3.03. The van der Waals surface area contributed by atoms with E-state index in [9.17, 15) is 9.59 Å². The fourth-order valence-corrected chi connectivity index (χ4v) is 3.84. The lowest BCUT2D eigenvalue weighted by atomic mass is 10.1. The fraction of sp³-hybridized carbons (Fsp3) is 0.600. The van der Waals surface area contributed by atoms with Crippen LogP contribution in [0.1, 0.15) is 27.2 Å². The molecule has 0 aliphatic carbocycles. The van der Waals surface area contributed by atoms with Crippen molar-refractivity contribution >= 4 is 17.5 Å². The number of hydrogen-bond donors (Lipinski definition) is 0. The zero-order chi connectivity index (χ0) is 18.9. The summed E-state index contributed by atoms with van der Waals surface area (Å²) in [5.41, 5.74) is 0.839. The van der Waals surface area contributed by atoms with E-state index < -0.39 is 0 Å². The van der Waals surface area contributed by atoms with E-state index >= 15 is 0 Å². The molecule has 0 saturated carbocycles. The summed E-state index contributed by atoms with van der Waals surface area (Å²) in [5.74, 6) is 0.849. The number of anilines is 1. The molecule has 2 fully saturated rings. The number of para-hydroxylation sites is 2. The van der Waals surface area contributed by atoms with Gasteiger partial charge in [0.1, 0.15) is 5.75 Å². The molecule has 26 heavy (non-hydrogen) atoms. The monoisotopic (exact) mass is 359 g/mol. The van der Waals surface area contributed by atoms with Crippen molar-refractivity contribution in [1.29, 1.82) is 0 Å². The molecule has 6 nitrogen and oxygen atoms in total. The zero-order valence-electron chi connectivity index (χ0n) is 16.2. The third-order valence-electron chi connectivity index (χ3n) is 5.30. The third-order valence-corrected chi connectivity index (χ3v) is 5.30. The number of carbonyl (C=O) groups is 2. The van der Waals surface area contributed by atoms with Gasteiger partial charge in [-0.2, -0.15) is 0 Å². The van der Waals surface area contributed by atoms with E-state index in [0.717, 1.165) is 24.5 Å². The lowest BCUT2D eigenvalue weighted by molar-refractivity contribution is -0.136. The number of amides is 2. The second-order valence-electron chi connectivity index (χ2n) is 8.06. The Morgan fingerprint density at radius 3 is 2.35 bits per heavy atom. The van der Waals surface area contributed by atoms with E-state index in [4.69, 9.17) is 4.74 Å². The standard InChI is InChI=1S/C20H29N3O3/c1-20(2,3)23-14-15(13-18(23)24)19(25)22-11-9-21(10-12-22)16-7-5-6-8-17(16)26-4/h5-8,15H,9-14H2,1-4H3/t15-/m0/s1. The number of methoxy groups -OCH3 is 1. The van der Waals surface area contributed by atoms with Gasteiger partial charge in [0.15, 0.2) is 0 Å². The summed E-state index contributed by atoms with van der Waals surface area (Å²) < 4.78 is 5.44. The predicted octanol–water partition coefficient (Wildman–Crippen LogP) is 1.99. The van der Waals surface area contributed by atoms with Crippen LogP contribution < -0.4 is 9.64 Å². The SMILES string of the molecule is COc1ccccc1N1CCN(C(=O)[C@H]2CC(=O)N(C(C)(C)C)C2)CC1. The van der Waals surface area contributed by atoms with Crippen molar-refractivity contribution in [3.05, 3.63) is 24.3 Å². The fourth-order valence-electron chi connectivity index (χ4n) is 3.84. The van der Waals surface area contributed by atoms with Gasteiger partial charge in [0, 0.05) is 44.7 Å². The molecule has 0 bridgehead atoms. The second-order valence-corrected chi connectivity index (χ2v) is 8.06. The van der Waals surface area contributed by atoms with Crippen LogP contribution in [0.4, 0.5) is 5.69 Å². The molecule has 2 heterocycles. The first kappa shape index (κ1) is 18.5. The summed E-state index contributed by atoms with van der Waals surface area (Å²) in [6.45, 7) is 9.49. The molecule has 1 aromatic carbocycles. The highest BCUT2D eigenvalue weighted by atomic mass is 16.5. The van der Waals surface area contributed by atoms with Gasteiger partial charge in [0.2, 0.25) is 11.8 Å². The van der Waals surface area contributed by atoms with E-state index in [2.05, 4.69) is 4.90 Å². The molecule has 0 N–H and O–H groups in total. The number of rotatable bonds is 3. The van der Waals surface area contributed by atoms with Crippen LogP contribution in [0, 0.1) is 5.92 Å². The Bertz CT molecular complexity index is 675. The predicted molar refractivity (Wildman–Crippen MR) is 101 cm³/mol.